The first kappa shape index (κ1) is 98.1. The topological polar surface area (TPSA) is 237 Å². The predicted octanol–water partition coefficient (Wildman–Crippen LogP) is 24.6. The Labute approximate surface area is 613 Å². The normalized spacial score (nSPS) is 13.8. The van der Waals surface area contributed by atoms with Crippen molar-refractivity contribution in [2.24, 2.45) is 0 Å². The number of hydrogen-bond acceptors (Lipinski definition) is 15. The average molecular weight is 1470 g/mol. The number of aliphatic hydroxyl groups excluding tert-OH is 1. The molecular formula is C81H158O17P2. The minimum atomic E-state index is -4.96. The highest BCUT2D eigenvalue weighted by Gasteiger charge is 2.30. The first-order valence-corrected chi connectivity index (χ1v) is 45.3. The monoisotopic (exact) mass is 1470 g/mol. The molecule has 5 atom stereocenters. The van der Waals surface area contributed by atoms with E-state index in [9.17, 15) is 43.2 Å². The highest BCUT2D eigenvalue weighted by atomic mass is 31.2. The van der Waals surface area contributed by atoms with E-state index in [-0.39, 0.29) is 25.7 Å². The van der Waals surface area contributed by atoms with Gasteiger partial charge in [0, 0.05) is 25.7 Å². The standard InChI is InChI=1S/C81H158O17P2/c1-5-9-13-17-21-25-29-33-36-37-40-42-46-50-54-58-62-66-79(84)92-72-77(98-81(86)68-64-60-56-52-48-44-39-35-31-27-23-19-15-11-7-3)74-96-100(89,90)94-70-75(82)69-93-99(87,88)95-73-76(71-91-78(83)65-61-57-53-49-45-41-32-28-24-20-16-12-8-4)97-80(85)67-63-59-55-51-47-43-38-34-30-26-22-18-14-10-6-2/h75-77,82H,5-74H2,1-4H3,(H,87,88)(H,89,90)/t75-,76-,77-/m1/s1. The van der Waals surface area contributed by atoms with Crippen LogP contribution in [-0.4, -0.2) is 96.7 Å². The van der Waals surface area contributed by atoms with E-state index in [4.69, 9.17) is 37.0 Å². The van der Waals surface area contributed by atoms with Gasteiger partial charge >= 0.3 is 39.5 Å². The van der Waals surface area contributed by atoms with Crippen LogP contribution in [0.4, 0.5) is 0 Å². The van der Waals surface area contributed by atoms with E-state index in [1.54, 1.807) is 0 Å². The third-order valence-corrected chi connectivity index (χ3v) is 21.0. The van der Waals surface area contributed by atoms with Gasteiger partial charge in [0.1, 0.15) is 19.3 Å². The van der Waals surface area contributed by atoms with Crippen LogP contribution < -0.4 is 0 Å². The molecule has 0 amide bonds. The number of ether oxygens (including phenoxy) is 4. The van der Waals surface area contributed by atoms with E-state index < -0.39 is 97.5 Å². The SMILES string of the molecule is CCCCCCCCCCCCCCCCCCCC(=O)OC[C@H](COP(=O)(O)OC[C@H](O)COP(=O)(O)OC[C@@H](COC(=O)CCCCCCCCCCCCCCC)OC(=O)CCCCCCCCCCCCCCCCC)OC(=O)CCCCCCCCCCCCCCCCC. The summed E-state index contributed by atoms with van der Waals surface area (Å²) in [6.45, 7) is 5.04. The smallest absolute Gasteiger partial charge is 0.462 e. The van der Waals surface area contributed by atoms with E-state index in [1.807, 2.05) is 0 Å². The van der Waals surface area contributed by atoms with Crippen LogP contribution in [0, 0.1) is 0 Å². The molecule has 0 aromatic rings. The molecule has 0 radical (unpaired) electrons. The molecule has 0 spiro atoms. The first-order valence-electron chi connectivity index (χ1n) is 42.3. The summed E-state index contributed by atoms with van der Waals surface area (Å²) < 4.78 is 68.8. The molecule has 0 saturated carbocycles. The second kappa shape index (κ2) is 75.3. The number of carbonyl (C=O) groups is 4. The molecule has 0 aliphatic rings. The van der Waals surface area contributed by atoms with Crippen LogP contribution >= 0.6 is 15.6 Å². The third-order valence-electron chi connectivity index (χ3n) is 19.1. The van der Waals surface area contributed by atoms with Crippen molar-refractivity contribution in [1.82, 2.24) is 0 Å². The van der Waals surface area contributed by atoms with Crippen LogP contribution in [0.3, 0.4) is 0 Å². The van der Waals surface area contributed by atoms with Crippen LogP contribution in [-0.2, 0) is 65.4 Å². The summed E-state index contributed by atoms with van der Waals surface area (Å²) >= 11 is 0. The molecule has 19 heteroatoms. The van der Waals surface area contributed by atoms with Crippen molar-refractivity contribution in [2.75, 3.05) is 39.6 Å². The number of hydrogen-bond donors (Lipinski definition) is 3. The highest BCUT2D eigenvalue weighted by molar-refractivity contribution is 7.47. The van der Waals surface area contributed by atoms with Crippen molar-refractivity contribution in [2.45, 2.75) is 457 Å². The fourth-order valence-corrected chi connectivity index (χ4v) is 14.2. The quantitative estimate of drug-likeness (QED) is 0.0222. The van der Waals surface area contributed by atoms with Gasteiger partial charge in [-0.2, -0.15) is 0 Å². The van der Waals surface area contributed by atoms with Gasteiger partial charge in [-0.15, -0.1) is 0 Å². The molecule has 0 fully saturated rings. The zero-order chi connectivity index (χ0) is 73.2. The van der Waals surface area contributed by atoms with Crippen LogP contribution in [0.2, 0.25) is 0 Å². The summed E-state index contributed by atoms with van der Waals surface area (Å²) in [5, 5.41) is 10.6. The Morgan fingerprint density at radius 3 is 0.590 bits per heavy atom. The fourth-order valence-electron chi connectivity index (χ4n) is 12.6. The van der Waals surface area contributed by atoms with Crippen molar-refractivity contribution in [3.8, 4) is 0 Å². The Bertz CT molecular complexity index is 1890. The van der Waals surface area contributed by atoms with Gasteiger partial charge in [-0.3, -0.25) is 37.3 Å². The fraction of sp³-hybridized carbons (Fsp3) is 0.951. The largest absolute Gasteiger partial charge is 0.472 e. The molecule has 0 aliphatic carbocycles. The average Bonchev–Trinajstić information content (AvgIpc) is 0.945. The second-order valence-electron chi connectivity index (χ2n) is 29.2. The van der Waals surface area contributed by atoms with Gasteiger partial charge in [0.05, 0.1) is 26.4 Å². The summed E-state index contributed by atoms with van der Waals surface area (Å²) in [7, 11) is -9.92. The zero-order valence-electron chi connectivity index (χ0n) is 65.2. The summed E-state index contributed by atoms with van der Waals surface area (Å²) in [6, 6.07) is 0. The van der Waals surface area contributed by atoms with E-state index >= 15 is 0 Å². The third kappa shape index (κ3) is 74.3. The first-order chi connectivity index (χ1) is 48.7. The van der Waals surface area contributed by atoms with Gasteiger partial charge in [-0.05, 0) is 25.7 Å². The lowest BCUT2D eigenvalue weighted by Gasteiger charge is -2.21. The zero-order valence-corrected chi connectivity index (χ0v) is 67.0. The molecule has 0 aliphatic heterocycles. The predicted molar refractivity (Wildman–Crippen MR) is 409 cm³/mol. The maximum atomic E-state index is 13.1. The van der Waals surface area contributed by atoms with Crippen LogP contribution in [0.25, 0.3) is 0 Å². The second-order valence-corrected chi connectivity index (χ2v) is 32.1. The molecule has 2 unspecified atom stereocenters. The van der Waals surface area contributed by atoms with E-state index in [1.165, 1.54) is 270 Å². The molecule has 0 bridgehead atoms. The minimum Gasteiger partial charge on any atom is -0.462 e. The molecule has 100 heavy (non-hydrogen) atoms. The molecule has 0 aromatic carbocycles. The van der Waals surface area contributed by atoms with Crippen molar-refractivity contribution in [3.63, 3.8) is 0 Å². The maximum Gasteiger partial charge on any atom is 0.472 e. The summed E-state index contributed by atoms with van der Waals surface area (Å²) in [5.41, 5.74) is 0. The summed E-state index contributed by atoms with van der Waals surface area (Å²) in [6.07, 6.45) is 67.7. The lowest BCUT2D eigenvalue weighted by Crippen LogP contribution is -2.30. The highest BCUT2D eigenvalue weighted by Crippen LogP contribution is 2.45. The van der Waals surface area contributed by atoms with Gasteiger partial charge in [0.2, 0.25) is 0 Å². The van der Waals surface area contributed by atoms with E-state index in [2.05, 4.69) is 27.7 Å². The number of esters is 4. The van der Waals surface area contributed by atoms with Gasteiger partial charge in [0.25, 0.3) is 0 Å². The van der Waals surface area contributed by atoms with Crippen LogP contribution in [0.1, 0.15) is 439 Å². The molecular weight excluding hydrogens is 1310 g/mol. The summed E-state index contributed by atoms with van der Waals surface area (Å²) in [5.74, 6) is -2.10. The van der Waals surface area contributed by atoms with Crippen molar-refractivity contribution in [3.05, 3.63) is 0 Å². The van der Waals surface area contributed by atoms with E-state index in [0.717, 1.165) is 89.9 Å². The molecule has 3 N–H and O–H groups in total. The Kier molecular flexibility index (Phi) is 73.8. The minimum absolute atomic E-state index is 0.109. The number of carbonyl (C=O) groups excluding carboxylic acids is 4. The van der Waals surface area contributed by atoms with Crippen LogP contribution in [0.15, 0.2) is 0 Å². The maximum absolute atomic E-state index is 13.1. The van der Waals surface area contributed by atoms with Crippen molar-refractivity contribution < 1.29 is 80.2 Å². The molecule has 17 nitrogen and oxygen atoms in total. The Morgan fingerprint density at radius 2 is 0.400 bits per heavy atom. The lowest BCUT2D eigenvalue weighted by molar-refractivity contribution is -0.161. The Balaban J connectivity index is 5.26. The van der Waals surface area contributed by atoms with Gasteiger partial charge in [-0.1, -0.05) is 387 Å². The molecule has 594 valence electrons. The van der Waals surface area contributed by atoms with Gasteiger partial charge in [-0.25, -0.2) is 9.13 Å². The number of phosphoric ester groups is 2. The summed E-state index contributed by atoms with van der Waals surface area (Å²) in [4.78, 5) is 73.1. The van der Waals surface area contributed by atoms with Crippen LogP contribution in [0.5, 0.6) is 0 Å². The Morgan fingerprint density at radius 1 is 0.240 bits per heavy atom. The molecule has 0 heterocycles. The van der Waals surface area contributed by atoms with Crippen molar-refractivity contribution >= 4 is 39.5 Å². The van der Waals surface area contributed by atoms with Gasteiger partial charge < -0.3 is 33.8 Å². The lowest BCUT2D eigenvalue weighted by atomic mass is 10.0. The van der Waals surface area contributed by atoms with Crippen molar-refractivity contribution in [1.29, 1.82) is 0 Å². The number of aliphatic hydroxyl groups is 1. The number of rotatable bonds is 82. The molecule has 0 aromatic heterocycles. The van der Waals surface area contributed by atoms with E-state index in [0.29, 0.717) is 25.7 Å². The molecule has 0 saturated heterocycles. The molecule has 0 rings (SSSR count). The Hall–Kier alpha value is -1.94. The number of unbranched alkanes of at least 4 members (excludes halogenated alkanes) is 56. The number of phosphoric acid groups is 2. The van der Waals surface area contributed by atoms with Gasteiger partial charge in [0.15, 0.2) is 12.2 Å².